The van der Waals surface area contributed by atoms with Crippen molar-refractivity contribution in [2.75, 3.05) is 11.9 Å². The predicted octanol–water partition coefficient (Wildman–Crippen LogP) is 4.03. The fourth-order valence-corrected chi connectivity index (χ4v) is 2.45. The topological polar surface area (TPSA) is 49.4 Å². The molecule has 0 fully saturated rings. The highest BCUT2D eigenvalue weighted by atomic mass is 35.5. The molecular formula is C19H21ClN2O2. The maximum absolute atomic E-state index is 12.1. The molecule has 0 saturated heterocycles. The number of rotatable bonds is 6. The molecule has 0 aromatic heterocycles. The van der Waals surface area contributed by atoms with Gasteiger partial charge in [0.05, 0.1) is 0 Å². The van der Waals surface area contributed by atoms with E-state index in [0.717, 1.165) is 16.8 Å². The third-order valence-corrected chi connectivity index (χ3v) is 4.01. The molecule has 5 heteroatoms. The van der Waals surface area contributed by atoms with Crippen LogP contribution >= 0.6 is 11.6 Å². The summed E-state index contributed by atoms with van der Waals surface area (Å²) in [4.78, 5) is 25.6. The summed E-state index contributed by atoms with van der Waals surface area (Å²) in [5.74, 6) is -0.166. The standard InChI is InChI=1S/C19H21ClN2O2/c1-14-5-3-4-6-18(14)21-19(24)11-12-22(15(2)23)13-16-7-9-17(20)10-8-16/h3-10H,11-13H2,1-2H3,(H,21,24). The minimum Gasteiger partial charge on any atom is -0.338 e. The normalized spacial score (nSPS) is 10.3. The molecule has 2 amide bonds. The van der Waals surface area contributed by atoms with Crippen LogP contribution in [0.3, 0.4) is 0 Å². The number of anilines is 1. The number of aryl methyl sites for hydroxylation is 1. The summed E-state index contributed by atoms with van der Waals surface area (Å²) in [6.45, 7) is 4.28. The van der Waals surface area contributed by atoms with Crippen molar-refractivity contribution in [2.24, 2.45) is 0 Å². The summed E-state index contributed by atoms with van der Waals surface area (Å²) in [6, 6.07) is 15.0. The van der Waals surface area contributed by atoms with Crippen LogP contribution in [0.5, 0.6) is 0 Å². The molecule has 2 aromatic rings. The van der Waals surface area contributed by atoms with Gasteiger partial charge in [-0.25, -0.2) is 0 Å². The van der Waals surface area contributed by atoms with E-state index in [0.29, 0.717) is 18.1 Å². The minimum atomic E-state index is -0.105. The Morgan fingerprint density at radius 1 is 1.08 bits per heavy atom. The average molecular weight is 345 g/mol. The van der Waals surface area contributed by atoms with Gasteiger partial charge in [-0.2, -0.15) is 0 Å². The fraction of sp³-hybridized carbons (Fsp3) is 0.263. The monoisotopic (exact) mass is 344 g/mol. The molecule has 0 spiro atoms. The number of benzene rings is 2. The first-order chi connectivity index (χ1) is 11.5. The number of nitrogens with one attached hydrogen (secondary N) is 1. The number of para-hydroxylation sites is 1. The largest absolute Gasteiger partial charge is 0.338 e. The molecule has 1 N–H and O–H groups in total. The third kappa shape index (κ3) is 5.39. The minimum absolute atomic E-state index is 0.0614. The van der Waals surface area contributed by atoms with Gasteiger partial charge in [-0.3, -0.25) is 9.59 Å². The number of amides is 2. The number of hydrogen-bond donors (Lipinski definition) is 1. The average Bonchev–Trinajstić information content (AvgIpc) is 2.55. The fourth-order valence-electron chi connectivity index (χ4n) is 2.32. The summed E-state index contributed by atoms with van der Waals surface area (Å²) in [6.07, 6.45) is 0.251. The zero-order valence-corrected chi connectivity index (χ0v) is 14.6. The molecule has 126 valence electrons. The van der Waals surface area contributed by atoms with Crippen molar-refractivity contribution in [2.45, 2.75) is 26.8 Å². The molecule has 0 unspecified atom stereocenters. The smallest absolute Gasteiger partial charge is 0.226 e. The van der Waals surface area contributed by atoms with Gasteiger partial charge in [0.25, 0.3) is 0 Å². The van der Waals surface area contributed by atoms with Crippen molar-refractivity contribution in [3.63, 3.8) is 0 Å². The second-order valence-electron chi connectivity index (χ2n) is 5.68. The second kappa shape index (κ2) is 8.50. The van der Waals surface area contributed by atoms with E-state index in [4.69, 9.17) is 11.6 Å². The van der Waals surface area contributed by atoms with Crippen LogP contribution in [0.4, 0.5) is 5.69 Å². The Hall–Kier alpha value is -2.33. The lowest BCUT2D eigenvalue weighted by Gasteiger charge is -2.21. The summed E-state index contributed by atoms with van der Waals surface area (Å²) < 4.78 is 0. The Kier molecular flexibility index (Phi) is 6.38. The number of carbonyl (C=O) groups is 2. The Balaban J connectivity index is 1.91. The van der Waals surface area contributed by atoms with E-state index in [1.165, 1.54) is 6.92 Å². The van der Waals surface area contributed by atoms with Gasteiger partial charge >= 0.3 is 0 Å². The quantitative estimate of drug-likeness (QED) is 0.860. The second-order valence-corrected chi connectivity index (χ2v) is 6.12. The van der Waals surface area contributed by atoms with Crippen LogP contribution in [0, 0.1) is 6.92 Å². The van der Waals surface area contributed by atoms with Crippen LogP contribution in [0.15, 0.2) is 48.5 Å². The lowest BCUT2D eigenvalue weighted by atomic mass is 10.2. The van der Waals surface area contributed by atoms with E-state index < -0.39 is 0 Å². The molecule has 2 aromatic carbocycles. The van der Waals surface area contributed by atoms with Crippen LogP contribution in [0.2, 0.25) is 5.02 Å². The molecule has 0 bridgehead atoms. The van der Waals surface area contributed by atoms with E-state index in [2.05, 4.69) is 5.32 Å². The van der Waals surface area contributed by atoms with Gasteiger partial charge in [-0.15, -0.1) is 0 Å². The summed E-state index contributed by atoms with van der Waals surface area (Å²) >= 11 is 5.87. The Morgan fingerprint density at radius 2 is 1.75 bits per heavy atom. The number of carbonyl (C=O) groups excluding carboxylic acids is 2. The Bertz CT molecular complexity index is 714. The predicted molar refractivity (Wildman–Crippen MR) is 97.0 cm³/mol. The molecule has 24 heavy (non-hydrogen) atoms. The van der Waals surface area contributed by atoms with Crippen molar-refractivity contribution in [1.82, 2.24) is 4.90 Å². The van der Waals surface area contributed by atoms with Gasteiger partial charge in [0.1, 0.15) is 0 Å². The van der Waals surface area contributed by atoms with Crippen molar-refractivity contribution in [3.05, 3.63) is 64.7 Å². The third-order valence-electron chi connectivity index (χ3n) is 3.76. The van der Waals surface area contributed by atoms with Crippen LogP contribution < -0.4 is 5.32 Å². The zero-order chi connectivity index (χ0) is 17.5. The molecule has 0 aliphatic carbocycles. The van der Waals surface area contributed by atoms with Crippen molar-refractivity contribution in [3.8, 4) is 0 Å². The van der Waals surface area contributed by atoms with Crippen LogP contribution in [0.1, 0.15) is 24.5 Å². The Morgan fingerprint density at radius 3 is 2.38 bits per heavy atom. The molecule has 0 atom stereocenters. The highest BCUT2D eigenvalue weighted by Gasteiger charge is 2.12. The van der Waals surface area contributed by atoms with E-state index in [1.54, 1.807) is 17.0 Å². The number of nitrogens with zero attached hydrogens (tertiary/aromatic N) is 1. The summed E-state index contributed by atoms with van der Waals surface area (Å²) in [5, 5.41) is 3.54. The lowest BCUT2D eigenvalue weighted by molar-refractivity contribution is -0.129. The van der Waals surface area contributed by atoms with Gasteiger partial charge in [0, 0.05) is 37.1 Å². The van der Waals surface area contributed by atoms with Crippen molar-refractivity contribution in [1.29, 1.82) is 0 Å². The first kappa shape index (κ1) is 18.0. The molecule has 4 nitrogen and oxygen atoms in total. The molecule has 0 aliphatic rings. The van der Waals surface area contributed by atoms with Crippen LogP contribution in [-0.4, -0.2) is 23.3 Å². The van der Waals surface area contributed by atoms with Crippen molar-refractivity contribution < 1.29 is 9.59 Å². The zero-order valence-electron chi connectivity index (χ0n) is 13.9. The van der Waals surface area contributed by atoms with Crippen molar-refractivity contribution >= 4 is 29.1 Å². The first-order valence-electron chi connectivity index (χ1n) is 7.81. The van der Waals surface area contributed by atoms with Gasteiger partial charge in [-0.1, -0.05) is 41.9 Å². The first-order valence-corrected chi connectivity index (χ1v) is 8.19. The Labute approximate surface area is 147 Å². The van der Waals surface area contributed by atoms with Gasteiger partial charge in [0.2, 0.25) is 11.8 Å². The van der Waals surface area contributed by atoms with Crippen LogP contribution in [-0.2, 0) is 16.1 Å². The molecule has 2 rings (SSSR count). The molecular weight excluding hydrogens is 324 g/mol. The van der Waals surface area contributed by atoms with Gasteiger partial charge in [-0.05, 0) is 36.2 Å². The van der Waals surface area contributed by atoms with E-state index in [1.807, 2.05) is 43.3 Å². The molecule has 0 saturated carbocycles. The van der Waals surface area contributed by atoms with E-state index >= 15 is 0 Å². The van der Waals surface area contributed by atoms with E-state index in [-0.39, 0.29) is 18.2 Å². The summed E-state index contributed by atoms with van der Waals surface area (Å²) in [5.41, 5.74) is 2.79. The van der Waals surface area contributed by atoms with E-state index in [9.17, 15) is 9.59 Å². The van der Waals surface area contributed by atoms with Gasteiger partial charge in [0.15, 0.2) is 0 Å². The highest BCUT2D eigenvalue weighted by molar-refractivity contribution is 6.30. The molecule has 0 aliphatic heterocycles. The maximum Gasteiger partial charge on any atom is 0.226 e. The highest BCUT2D eigenvalue weighted by Crippen LogP contribution is 2.14. The maximum atomic E-state index is 12.1. The number of hydrogen-bond acceptors (Lipinski definition) is 2. The number of halogens is 1. The summed E-state index contributed by atoms with van der Waals surface area (Å²) in [7, 11) is 0. The molecule has 0 radical (unpaired) electrons. The molecule has 0 heterocycles. The lowest BCUT2D eigenvalue weighted by Crippen LogP contribution is -2.31. The SMILES string of the molecule is CC(=O)N(CCC(=O)Nc1ccccc1C)Cc1ccc(Cl)cc1. The van der Waals surface area contributed by atoms with Crippen LogP contribution in [0.25, 0.3) is 0 Å². The van der Waals surface area contributed by atoms with Gasteiger partial charge < -0.3 is 10.2 Å².